The van der Waals surface area contributed by atoms with Crippen molar-refractivity contribution in [1.29, 1.82) is 0 Å². The predicted molar refractivity (Wildman–Crippen MR) is 142 cm³/mol. The number of hydrogen-bond acceptors (Lipinski definition) is 7. The second-order valence-electron chi connectivity index (χ2n) is 8.36. The van der Waals surface area contributed by atoms with Crippen LogP contribution in [0.3, 0.4) is 0 Å². The maximum atomic E-state index is 11.5. The van der Waals surface area contributed by atoms with Crippen LogP contribution in [0.15, 0.2) is 82.8 Å². The van der Waals surface area contributed by atoms with Gasteiger partial charge in [-0.25, -0.2) is 0 Å². The van der Waals surface area contributed by atoms with E-state index in [4.69, 9.17) is 9.47 Å². The van der Waals surface area contributed by atoms with Crippen molar-refractivity contribution in [2.24, 2.45) is 9.98 Å². The lowest BCUT2D eigenvalue weighted by atomic mass is 10.1. The van der Waals surface area contributed by atoms with Crippen LogP contribution in [0.4, 0.5) is 5.69 Å². The molecule has 3 aromatic rings. The summed E-state index contributed by atoms with van der Waals surface area (Å²) in [5.41, 5.74) is 2.66. The van der Waals surface area contributed by atoms with Gasteiger partial charge in [0.15, 0.2) is 0 Å². The SMILES string of the molecule is O=[N+]([O-])c1ccccc1CN1CCCN=Cc2ccccc2OCCOc2ccccc2C=NCC1. The van der Waals surface area contributed by atoms with Gasteiger partial charge in [0.25, 0.3) is 5.69 Å². The van der Waals surface area contributed by atoms with E-state index in [0.29, 0.717) is 45.0 Å². The number of nitrogens with zero attached hydrogens (tertiary/aromatic N) is 4. The van der Waals surface area contributed by atoms with E-state index in [-0.39, 0.29) is 10.6 Å². The summed E-state index contributed by atoms with van der Waals surface area (Å²) >= 11 is 0. The Bertz CT molecular complexity index is 1210. The van der Waals surface area contributed by atoms with E-state index >= 15 is 0 Å². The first-order chi connectivity index (χ1) is 17.7. The van der Waals surface area contributed by atoms with Crippen LogP contribution in [0, 0.1) is 10.1 Å². The molecular weight excluding hydrogens is 456 g/mol. The summed E-state index contributed by atoms with van der Waals surface area (Å²) in [5.74, 6) is 1.51. The Hall–Kier alpha value is -4.04. The molecule has 0 saturated heterocycles. The van der Waals surface area contributed by atoms with Crippen molar-refractivity contribution in [2.75, 3.05) is 39.4 Å². The van der Waals surface area contributed by atoms with Crippen LogP contribution >= 0.6 is 0 Å². The van der Waals surface area contributed by atoms with Crippen LogP contribution < -0.4 is 9.47 Å². The van der Waals surface area contributed by atoms with Crippen molar-refractivity contribution in [1.82, 2.24) is 4.90 Å². The van der Waals surface area contributed by atoms with Gasteiger partial charge in [-0.15, -0.1) is 0 Å². The second kappa shape index (κ2) is 13.2. The largest absolute Gasteiger partial charge is 0.489 e. The number of benzene rings is 3. The molecule has 1 aliphatic heterocycles. The number of hydrogen-bond donors (Lipinski definition) is 0. The van der Waals surface area contributed by atoms with Crippen LogP contribution in [0.1, 0.15) is 23.1 Å². The van der Waals surface area contributed by atoms with Gasteiger partial charge in [-0.3, -0.25) is 25.0 Å². The zero-order chi connectivity index (χ0) is 25.0. The molecule has 0 radical (unpaired) electrons. The minimum Gasteiger partial charge on any atom is -0.489 e. The fraction of sp³-hybridized carbons (Fsp3) is 0.286. The van der Waals surface area contributed by atoms with E-state index < -0.39 is 0 Å². The highest BCUT2D eigenvalue weighted by Crippen LogP contribution is 2.20. The molecular formula is C28H30N4O4. The Morgan fingerprint density at radius 2 is 1.36 bits per heavy atom. The molecule has 0 fully saturated rings. The predicted octanol–water partition coefficient (Wildman–Crippen LogP) is 4.80. The minimum absolute atomic E-state index is 0.140. The molecule has 0 amide bonds. The summed E-state index contributed by atoms with van der Waals surface area (Å²) in [6, 6.07) is 22.5. The number of aliphatic imine (C=N–C) groups is 2. The standard InChI is InChI=1S/C28H30N4O4/c33-32(34)26-11-4-1-10-25(26)22-31-16-7-14-29-20-23-8-2-5-12-27(23)35-18-19-36-28-13-6-3-9-24(28)21-30-15-17-31/h1-6,8-13,20-21H,7,14-19,22H2. The summed E-state index contributed by atoms with van der Waals surface area (Å²) in [4.78, 5) is 22.6. The van der Waals surface area contributed by atoms with Gasteiger partial charge in [0.2, 0.25) is 0 Å². The molecule has 1 heterocycles. The third-order valence-corrected chi connectivity index (χ3v) is 5.79. The molecule has 8 nitrogen and oxygen atoms in total. The first kappa shape index (κ1) is 25.1. The van der Waals surface area contributed by atoms with E-state index in [2.05, 4.69) is 14.9 Å². The molecule has 4 rings (SSSR count). The minimum atomic E-state index is -0.323. The van der Waals surface area contributed by atoms with Crippen molar-refractivity contribution in [3.63, 3.8) is 0 Å². The molecule has 3 aromatic carbocycles. The van der Waals surface area contributed by atoms with E-state index in [1.54, 1.807) is 12.1 Å². The highest BCUT2D eigenvalue weighted by Gasteiger charge is 2.15. The lowest BCUT2D eigenvalue weighted by Gasteiger charge is -2.21. The normalized spacial score (nSPS) is 15.4. The third kappa shape index (κ3) is 7.23. The first-order valence-electron chi connectivity index (χ1n) is 12.1. The van der Waals surface area contributed by atoms with Gasteiger partial charge in [0, 0.05) is 61.4 Å². The topological polar surface area (TPSA) is 89.6 Å². The van der Waals surface area contributed by atoms with Crippen molar-refractivity contribution >= 4 is 18.1 Å². The Morgan fingerprint density at radius 3 is 2.03 bits per heavy atom. The molecule has 1 aliphatic rings. The zero-order valence-corrected chi connectivity index (χ0v) is 20.2. The van der Waals surface area contributed by atoms with Gasteiger partial charge in [-0.1, -0.05) is 42.5 Å². The average Bonchev–Trinajstić information content (AvgIpc) is 2.89. The smallest absolute Gasteiger partial charge is 0.273 e. The fourth-order valence-electron chi connectivity index (χ4n) is 3.98. The van der Waals surface area contributed by atoms with Crippen molar-refractivity contribution in [2.45, 2.75) is 13.0 Å². The van der Waals surface area contributed by atoms with Crippen LogP contribution in [-0.4, -0.2) is 61.6 Å². The number of rotatable bonds is 3. The van der Waals surface area contributed by atoms with Crippen LogP contribution in [0.5, 0.6) is 11.5 Å². The summed E-state index contributed by atoms with van der Waals surface area (Å²) in [6.45, 7) is 3.92. The van der Waals surface area contributed by atoms with E-state index in [0.717, 1.165) is 35.6 Å². The molecule has 0 saturated carbocycles. The number of fused-ring (bicyclic) bond motifs is 2. The zero-order valence-electron chi connectivity index (χ0n) is 20.2. The molecule has 36 heavy (non-hydrogen) atoms. The molecule has 0 spiro atoms. The first-order valence-corrected chi connectivity index (χ1v) is 12.1. The highest BCUT2D eigenvalue weighted by molar-refractivity contribution is 5.84. The molecule has 0 unspecified atom stereocenters. The second-order valence-corrected chi connectivity index (χ2v) is 8.36. The Balaban J connectivity index is 1.53. The lowest BCUT2D eigenvalue weighted by molar-refractivity contribution is -0.385. The molecule has 0 bridgehead atoms. The highest BCUT2D eigenvalue weighted by atomic mass is 16.6. The van der Waals surface area contributed by atoms with Gasteiger partial charge in [0.1, 0.15) is 24.7 Å². The van der Waals surface area contributed by atoms with Gasteiger partial charge < -0.3 is 9.47 Å². The van der Waals surface area contributed by atoms with Crippen LogP contribution in [-0.2, 0) is 6.54 Å². The Morgan fingerprint density at radius 1 is 0.778 bits per heavy atom. The number of para-hydroxylation sites is 3. The molecule has 186 valence electrons. The van der Waals surface area contributed by atoms with E-state index in [1.165, 1.54) is 0 Å². The molecule has 0 aromatic heterocycles. The Kier molecular flexibility index (Phi) is 9.16. The quantitative estimate of drug-likeness (QED) is 0.392. The van der Waals surface area contributed by atoms with Gasteiger partial charge in [-0.05, 0) is 30.7 Å². The average molecular weight is 487 g/mol. The summed E-state index contributed by atoms with van der Waals surface area (Å²) in [5, 5.41) is 11.5. The van der Waals surface area contributed by atoms with Crippen molar-refractivity contribution < 1.29 is 14.4 Å². The van der Waals surface area contributed by atoms with Crippen molar-refractivity contribution in [3.8, 4) is 11.5 Å². The van der Waals surface area contributed by atoms with Gasteiger partial charge in [-0.2, -0.15) is 0 Å². The van der Waals surface area contributed by atoms with E-state index in [1.807, 2.05) is 73.1 Å². The number of ether oxygens (including phenoxy) is 2. The van der Waals surface area contributed by atoms with Crippen LogP contribution in [0.2, 0.25) is 0 Å². The number of nitro benzene ring substituents is 1. The molecule has 0 atom stereocenters. The summed E-state index contributed by atoms with van der Waals surface area (Å²) in [6.07, 6.45) is 4.48. The molecule has 8 heteroatoms. The van der Waals surface area contributed by atoms with Gasteiger partial charge >= 0.3 is 0 Å². The third-order valence-electron chi connectivity index (χ3n) is 5.79. The summed E-state index contributed by atoms with van der Waals surface area (Å²) in [7, 11) is 0. The number of nitro groups is 1. The summed E-state index contributed by atoms with van der Waals surface area (Å²) < 4.78 is 11.9. The monoisotopic (exact) mass is 486 g/mol. The van der Waals surface area contributed by atoms with Crippen molar-refractivity contribution in [3.05, 3.63) is 99.6 Å². The van der Waals surface area contributed by atoms with E-state index in [9.17, 15) is 10.1 Å². The molecule has 0 N–H and O–H groups in total. The fourth-order valence-corrected chi connectivity index (χ4v) is 3.98. The molecule has 0 aliphatic carbocycles. The Labute approximate surface area is 211 Å². The lowest BCUT2D eigenvalue weighted by Crippen LogP contribution is -2.28. The van der Waals surface area contributed by atoms with Crippen LogP contribution in [0.25, 0.3) is 0 Å². The maximum Gasteiger partial charge on any atom is 0.273 e. The van der Waals surface area contributed by atoms with Gasteiger partial charge in [0.05, 0.1) is 11.5 Å². The maximum absolute atomic E-state index is 11.5.